The predicted octanol–water partition coefficient (Wildman–Crippen LogP) is 2.09. The van der Waals surface area contributed by atoms with E-state index in [1.807, 2.05) is 0 Å². The lowest BCUT2D eigenvalue weighted by Crippen LogP contribution is -2.38. The zero-order chi connectivity index (χ0) is 8.41. The average molecular weight is 168 g/mol. The molecule has 0 heterocycles. The molecule has 0 spiro atoms. The Morgan fingerprint density at radius 3 is 1.50 bits per heavy atom. The van der Waals surface area contributed by atoms with Crippen LogP contribution in [-0.4, -0.2) is 19.1 Å². The second kappa shape index (κ2) is 2.65. The highest BCUT2D eigenvalue weighted by Gasteiger charge is 2.59. The maximum atomic E-state index is 11.3. The van der Waals surface area contributed by atoms with E-state index in [1.54, 1.807) is 0 Å². The summed E-state index contributed by atoms with van der Waals surface area (Å²) in [6.07, 6.45) is -11.2. The highest BCUT2D eigenvalue weighted by atomic mass is 19.4. The summed E-state index contributed by atoms with van der Waals surface area (Å²) in [5.41, 5.74) is 0. The molecule has 10 heavy (non-hydrogen) atoms. The van der Waals surface area contributed by atoms with Crippen molar-refractivity contribution in [2.75, 3.05) is 6.86 Å². The second-order valence-corrected chi connectivity index (χ2v) is 1.27. The molecule has 0 rings (SSSR count). The van der Waals surface area contributed by atoms with E-state index in [0.717, 1.165) is 0 Å². The van der Waals surface area contributed by atoms with Crippen LogP contribution < -0.4 is 0 Å². The van der Waals surface area contributed by atoms with Gasteiger partial charge in [-0.15, -0.1) is 0 Å². The van der Waals surface area contributed by atoms with Gasteiger partial charge in [0.2, 0.25) is 0 Å². The lowest BCUT2D eigenvalue weighted by molar-refractivity contribution is -0.398. The van der Waals surface area contributed by atoms with Crippen LogP contribution in [-0.2, 0) is 4.74 Å². The molecular formula is C3H2F6O. The molecule has 0 saturated heterocycles. The van der Waals surface area contributed by atoms with Crippen LogP contribution >= 0.6 is 0 Å². The minimum Gasteiger partial charge on any atom is -0.281 e. The van der Waals surface area contributed by atoms with Crippen molar-refractivity contribution < 1.29 is 31.1 Å². The third-order valence-electron chi connectivity index (χ3n) is 0.566. The summed E-state index contributed by atoms with van der Waals surface area (Å²) < 4.78 is 68.9. The molecular weight excluding hydrogens is 166 g/mol. The van der Waals surface area contributed by atoms with Crippen molar-refractivity contribution in [1.82, 2.24) is 0 Å². The Balaban J connectivity index is 4.10. The molecule has 0 aliphatic heterocycles. The summed E-state index contributed by atoms with van der Waals surface area (Å²) in [7, 11) is 0. The largest absolute Gasteiger partial charge is 0.483 e. The first-order chi connectivity index (χ1) is 4.31. The maximum absolute atomic E-state index is 11.3. The van der Waals surface area contributed by atoms with Gasteiger partial charge in [-0.1, -0.05) is 0 Å². The lowest BCUT2D eigenvalue weighted by atomic mass is 10.6. The van der Waals surface area contributed by atoms with Crippen LogP contribution in [0.25, 0.3) is 0 Å². The van der Waals surface area contributed by atoms with Crippen LogP contribution in [0.2, 0.25) is 0 Å². The van der Waals surface area contributed by atoms with Gasteiger partial charge in [0.1, 0.15) is 0 Å². The van der Waals surface area contributed by atoms with Crippen molar-refractivity contribution in [1.29, 1.82) is 0 Å². The topological polar surface area (TPSA) is 9.23 Å². The van der Waals surface area contributed by atoms with E-state index in [-0.39, 0.29) is 0 Å². The van der Waals surface area contributed by atoms with Crippen LogP contribution in [0.15, 0.2) is 0 Å². The van der Waals surface area contributed by atoms with Gasteiger partial charge in [0.25, 0.3) is 0 Å². The van der Waals surface area contributed by atoms with Gasteiger partial charge in [-0.25, -0.2) is 4.39 Å². The van der Waals surface area contributed by atoms with Gasteiger partial charge in [-0.2, -0.15) is 22.0 Å². The number of ether oxygens (including phenoxy) is 1. The highest BCUT2D eigenvalue weighted by Crippen LogP contribution is 2.35. The standard InChI is InChI=1S/C3H2F6O/c4-1-10-3(8,9)2(5,6)7/h1H2. The predicted molar refractivity (Wildman–Crippen MR) is 18.1 cm³/mol. The molecule has 0 aromatic rings. The first kappa shape index (κ1) is 9.54. The van der Waals surface area contributed by atoms with Crippen molar-refractivity contribution in [3.8, 4) is 0 Å². The SMILES string of the molecule is FCOC(F)(F)C(F)(F)F. The monoisotopic (exact) mass is 168 g/mol. The van der Waals surface area contributed by atoms with Gasteiger partial charge >= 0.3 is 12.3 Å². The van der Waals surface area contributed by atoms with Crippen LogP contribution in [0.5, 0.6) is 0 Å². The van der Waals surface area contributed by atoms with Crippen LogP contribution in [0, 0.1) is 0 Å². The molecule has 0 unspecified atom stereocenters. The summed E-state index contributed by atoms with van der Waals surface area (Å²) in [4.78, 5) is 0. The van der Waals surface area contributed by atoms with Crippen LogP contribution in [0.3, 0.4) is 0 Å². The number of halogens is 6. The lowest BCUT2D eigenvalue weighted by Gasteiger charge is -2.16. The molecule has 7 heteroatoms. The smallest absolute Gasteiger partial charge is 0.281 e. The van der Waals surface area contributed by atoms with Gasteiger partial charge in [0.05, 0.1) is 0 Å². The fraction of sp³-hybridized carbons (Fsp3) is 1.00. The van der Waals surface area contributed by atoms with Crippen LogP contribution in [0.1, 0.15) is 0 Å². The van der Waals surface area contributed by atoms with Gasteiger partial charge < -0.3 is 0 Å². The molecule has 0 fully saturated rings. The van der Waals surface area contributed by atoms with Gasteiger partial charge in [-0.05, 0) is 0 Å². The van der Waals surface area contributed by atoms with Gasteiger partial charge in [0, 0.05) is 0 Å². The maximum Gasteiger partial charge on any atom is 0.483 e. The minimum atomic E-state index is -5.85. The summed E-state index contributed by atoms with van der Waals surface area (Å²) in [5, 5.41) is 0. The van der Waals surface area contributed by atoms with E-state index in [9.17, 15) is 26.3 Å². The molecule has 62 valence electrons. The van der Waals surface area contributed by atoms with Crippen molar-refractivity contribution in [2.24, 2.45) is 0 Å². The molecule has 0 bridgehead atoms. The Bertz CT molecular complexity index is 106. The van der Waals surface area contributed by atoms with E-state index in [0.29, 0.717) is 0 Å². The van der Waals surface area contributed by atoms with Gasteiger partial charge in [-0.3, -0.25) is 4.74 Å². The molecule has 0 radical (unpaired) electrons. The summed E-state index contributed by atoms with van der Waals surface area (Å²) in [6.45, 7) is -2.17. The van der Waals surface area contributed by atoms with Crippen molar-refractivity contribution in [3.63, 3.8) is 0 Å². The summed E-state index contributed by atoms with van der Waals surface area (Å²) in [6, 6.07) is 0. The Labute approximate surface area is 51.6 Å². The fourth-order valence-electron chi connectivity index (χ4n) is 0.150. The molecule has 0 aromatic carbocycles. The highest BCUT2D eigenvalue weighted by molar-refractivity contribution is 4.62. The quantitative estimate of drug-likeness (QED) is 0.573. The number of alkyl halides is 6. The van der Waals surface area contributed by atoms with Gasteiger partial charge in [0.15, 0.2) is 6.86 Å². The third kappa shape index (κ3) is 2.05. The molecule has 0 atom stereocenters. The molecule has 0 aliphatic rings. The van der Waals surface area contributed by atoms with Crippen LogP contribution in [0.4, 0.5) is 26.3 Å². The molecule has 0 saturated carbocycles. The minimum absolute atomic E-state index is 2.17. The van der Waals surface area contributed by atoms with E-state index < -0.39 is 19.1 Å². The molecule has 0 aliphatic carbocycles. The Hall–Kier alpha value is -0.460. The Morgan fingerprint density at radius 2 is 1.40 bits per heavy atom. The Morgan fingerprint density at radius 1 is 1.00 bits per heavy atom. The number of rotatable bonds is 2. The molecule has 0 amide bonds. The molecule has 0 aromatic heterocycles. The average Bonchev–Trinajstić information content (AvgIpc) is 1.61. The molecule has 1 nitrogen and oxygen atoms in total. The third-order valence-corrected chi connectivity index (χ3v) is 0.566. The summed E-state index contributed by atoms with van der Waals surface area (Å²) in [5.74, 6) is 0. The zero-order valence-electron chi connectivity index (χ0n) is 4.38. The van der Waals surface area contributed by atoms with Crippen molar-refractivity contribution in [2.45, 2.75) is 12.3 Å². The first-order valence-corrected chi connectivity index (χ1v) is 1.95. The van der Waals surface area contributed by atoms with E-state index in [1.165, 1.54) is 0 Å². The first-order valence-electron chi connectivity index (χ1n) is 1.95. The molecule has 0 N–H and O–H groups in total. The van der Waals surface area contributed by atoms with E-state index >= 15 is 0 Å². The Kier molecular flexibility index (Phi) is 2.53. The fourth-order valence-corrected chi connectivity index (χ4v) is 0.150. The zero-order valence-corrected chi connectivity index (χ0v) is 4.38. The number of hydrogen-bond acceptors (Lipinski definition) is 1. The number of hydrogen-bond donors (Lipinski definition) is 0. The van der Waals surface area contributed by atoms with Crippen molar-refractivity contribution >= 4 is 0 Å². The summed E-state index contributed by atoms with van der Waals surface area (Å²) >= 11 is 0. The van der Waals surface area contributed by atoms with E-state index in [2.05, 4.69) is 4.74 Å². The van der Waals surface area contributed by atoms with Crippen molar-refractivity contribution in [3.05, 3.63) is 0 Å². The van der Waals surface area contributed by atoms with E-state index in [4.69, 9.17) is 0 Å². The normalized spacial score (nSPS) is 13.8. The second-order valence-electron chi connectivity index (χ2n) is 1.27.